The van der Waals surface area contributed by atoms with Crippen LogP contribution in [0.25, 0.3) is 0 Å². The van der Waals surface area contributed by atoms with Gasteiger partial charge in [0.2, 0.25) is 0 Å². The van der Waals surface area contributed by atoms with Crippen molar-refractivity contribution in [2.75, 3.05) is 11.5 Å². The summed E-state index contributed by atoms with van der Waals surface area (Å²) in [6, 6.07) is 12.5. The number of benzene rings is 2. The van der Waals surface area contributed by atoms with E-state index in [2.05, 4.69) is 44.7 Å². The molecule has 110 valence electrons. The quantitative estimate of drug-likeness (QED) is 0.651. The lowest BCUT2D eigenvalue weighted by Gasteiger charge is -2.31. The number of hydrogen-bond donors (Lipinski definition) is 2. The Hall–Kier alpha value is -2.22. The van der Waals surface area contributed by atoms with Crippen LogP contribution in [0.3, 0.4) is 0 Å². The van der Waals surface area contributed by atoms with Gasteiger partial charge in [-0.2, -0.15) is 0 Å². The van der Waals surface area contributed by atoms with Crippen molar-refractivity contribution in [1.29, 1.82) is 0 Å². The van der Waals surface area contributed by atoms with E-state index in [0.717, 1.165) is 34.5 Å². The molecule has 0 atom stereocenters. The van der Waals surface area contributed by atoms with Crippen molar-refractivity contribution >= 4 is 11.4 Å². The van der Waals surface area contributed by atoms with Gasteiger partial charge < -0.3 is 11.5 Å². The maximum absolute atomic E-state index is 6.42. The molecule has 2 aromatic rings. The smallest absolute Gasteiger partial charge is 0.0408 e. The summed E-state index contributed by atoms with van der Waals surface area (Å²) in [5.74, 6) is 0. The Morgan fingerprint density at radius 3 is 2.33 bits per heavy atom. The van der Waals surface area contributed by atoms with Crippen molar-refractivity contribution in [2.24, 2.45) is 0 Å². The summed E-state index contributed by atoms with van der Waals surface area (Å²) < 4.78 is 0. The standard InChI is InChI=1S/C19H24N2/c1-5-9-14-12-16(20)13(2)18(21)17(14)19(3,4)15-10-7-6-8-11-15/h5-8,10-12H,1,9,20-21H2,2-4H3. The molecule has 2 heteroatoms. The largest absolute Gasteiger partial charge is 0.398 e. The summed E-state index contributed by atoms with van der Waals surface area (Å²) in [7, 11) is 0. The molecule has 2 rings (SSSR count). The molecule has 21 heavy (non-hydrogen) atoms. The molecule has 0 saturated heterocycles. The Labute approximate surface area is 127 Å². The molecule has 0 spiro atoms. The maximum Gasteiger partial charge on any atom is 0.0408 e. The number of hydrogen-bond acceptors (Lipinski definition) is 2. The van der Waals surface area contributed by atoms with Crippen molar-refractivity contribution < 1.29 is 0 Å². The van der Waals surface area contributed by atoms with E-state index in [-0.39, 0.29) is 5.41 Å². The molecule has 0 unspecified atom stereocenters. The van der Waals surface area contributed by atoms with E-state index in [9.17, 15) is 0 Å². The first kappa shape index (κ1) is 15.2. The molecule has 0 fully saturated rings. The summed E-state index contributed by atoms with van der Waals surface area (Å²) in [5.41, 5.74) is 18.4. The highest BCUT2D eigenvalue weighted by atomic mass is 14.6. The van der Waals surface area contributed by atoms with Gasteiger partial charge in [0.15, 0.2) is 0 Å². The van der Waals surface area contributed by atoms with Crippen LogP contribution in [0.2, 0.25) is 0 Å². The second kappa shape index (κ2) is 5.65. The molecule has 0 aliphatic carbocycles. The first-order valence-electron chi connectivity index (χ1n) is 7.24. The molecule has 0 aliphatic heterocycles. The van der Waals surface area contributed by atoms with Crippen LogP contribution in [0, 0.1) is 6.92 Å². The zero-order chi connectivity index (χ0) is 15.6. The second-order valence-electron chi connectivity index (χ2n) is 6.02. The highest BCUT2D eigenvalue weighted by Gasteiger charge is 2.29. The number of rotatable bonds is 4. The lowest BCUT2D eigenvalue weighted by molar-refractivity contribution is 0.636. The van der Waals surface area contributed by atoms with Crippen molar-refractivity contribution in [3.63, 3.8) is 0 Å². The van der Waals surface area contributed by atoms with Gasteiger partial charge in [-0.1, -0.05) is 50.3 Å². The predicted octanol–water partition coefficient (Wildman–Crippen LogP) is 4.21. The van der Waals surface area contributed by atoms with E-state index < -0.39 is 0 Å². The third-order valence-electron chi connectivity index (χ3n) is 4.24. The van der Waals surface area contributed by atoms with Crippen LogP contribution < -0.4 is 11.5 Å². The van der Waals surface area contributed by atoms with Crippen molar-refractivity contribution in [3.8, 4) is 0 Å². The Bertz CT molecular complexity index is 655. The summed E-state index contributed by atoms with van der Waals surface area (Å²) in [6.45, 7) is 10.2. The fourth-order valence-corrected chi connectivity index (χ4v) is 2.94. The predicted molar refractivity (Wildman–Crippen MR) is 92.5 cm³/mol. The molecule has 0 heterocycles. The van der Waals surface area contributed by atoms with Crippen LogP contribution in [0.5, 0.6) is 0 Å². The van der Waals surface area contributed by atoms with Crippen LogP contribution >= 0.6 is 0 Å². The van der Waals surface area contributed by atoms with E-state index in [1.54, 1.807) is 0 Å². The lowest BCUT2D eigenvalue weighted by atomic mass is 9.74. The second-order valence-corrected chi connectivity index (χ2v) is 6.02. The Morgan fingerprint density at radius 1 is 1.14 bits per heavy atom. The minimum Gasteiger partial charge on any atom is -0.398 e. The van der Waals surface area contributed by atoms with Crippen molar-refractivity contribution in [2.45, 2.75) is 32.6 Å². The molecule has 0 saturated carbocycles. The van der Waals surface area contributed by atoms with Gasteiger partial charge in [-0.3, -0.25) is 0 Å². The van der Waals surface area contributed by atoms with Gasteiger partial charge in [-0.25, -0.2) is 0 Å². The number of nitrogen functional groups attached to an aromatic ring is 2. The van der Waals surface area contributed by atoms with E-state index in [1.165, 1.54) is 5.56 Å². The van der Waals surface area contributed by atoms with Gasteiger partial charge in [0.1, 0.15) is 0 Å². The molecular weight excluding hydrogens is 256 g/mol. The Balaban J connectivity index is 2.72. The van der Waals surface area contributed by atoms with Crippen molar-refractivity contribution in [3.05, 3.63) is 71.3 Å². The van der Waals surface area contributed by atoms with Gasteiger partial charge >= 0.3 is 0 Å². The third-order valence-corrected chi connectivity index (χ3v) is 4.24. The fourth-order valence-electron chi connectivity index (χ4n) is 2.94. The summed E-state index contributed by atoms with van der Waals surface area (Å²) in [5, 5.41) is 0. The lowest BCUT2D eigenvalue weighted by Crippen LogP contribution is -2.23. The van der Waals surface area contributed by atoms with E-state index in [0.29, 0.717) is 0 Å². The Kier molecular flexibility index (Phi) is 4.08. The molecule has 0 radical (unpaired) electrons. The average molecular weight is 280 g/mol. The van der Waals surface area contributed by atoms with Crippen LogP contribution in [-0.4, -0.2) is 0 Å². The zero-order valence-corrected chi connectivity index (χ0v) is 13.1. The zero-order valence-electron chi connectivity index (χ0n) is 13.1. The first-order chi connectivity index (χ1) is 9.89. The fraction of sp³-hybridized carbons (Fsp3) is 0.263. The van der Waals surface area contributed by atoms with Gasteiger partial charge in [0, 0.05) is 16.8 Å². The molecule has 0 aromatic heterocycles. The van der Waals surface area contributed by atoms with Crippen LogP contribution in [0.4, 0.5) is 11.4 Å². The molecule has 0 bridgehead atoms. The monoisotopic (exact) mass is 280 g/mol. The summed E-state index contributed by atoms with van der Waals surface area (Å²) in [6.07, 6.45) is 2.66. The van der Waals surface area contributed by atoms with Crippen LogP contribution in [-0.2, 0) is 11.8 Å². The Morgan fingerprint density at radius 2 is 1.76 bits per heavy atom. The molecule has 2 aromatic carbocycles. The minimum atomic E-state index is -0.178. The third kappa shape index (κ3) is 2.66. The first-order valence-corrected chi connectivity index (χ1v) is 7.24. The number of anilines is 2. The normalized spacial score (nSPS) is 11.4. The highest BCUT2D eigenvalue weighted by Crippen LogP contribution is 2.40. The highest BCUT2D eigenvalue weighted by molar-refractivity contribution is 5.70. The average Bonchev–Trinajstić information content (AvgIpc) is 2.46. The molecule has 4 N–H and O–H groups in total. The van der Waals surface area contributed by atoms with Crippen LogP contribution in [0.1, 0.15) is 36.1 Å². The molecular formula is C19H24N2. The molecule has 0 aliphatic rings. The summed E-state index contributed by atoms with van der Waals surface area (Å²) >= 11 is 0. The van der Waals surface area contributed by atoms with Gasteiger partial charge in [-0.05, 0) is 41.7 Å². The van der Waals surface area contributed by atoms with Crippen molar-refractivity contribution in [1.82, 2.24) is 0 Å². The van der Waals surface area contributed by atoms with E-state index in [1.807, 2.05) is 25.1 Å². The SMILES string of the molecule is C=CCc1cc(N)c(C)c(N)c1C(C)(C)c1ccccc1. The molecule has 0 amide bonds. The van der Waals surface area contributed by atoms with Crippen LogP contribution in [0.15, 0.2) is 49.1 Å². The molecule has 2 nitrogen and oxygen atoms in total. The van der Waals surface area contributed by atoms with E-state index in [4.69, 9.17) is 11.5 Å². The van der Waals surface area contributed by atoms with Gasteiger partial charge in [-0.15, -0.1) is 6.58 Å². The number of nitrogens with two attached hydrogens (primary N) is 2. The van der Waals surface area contributed by atoms with Gasteiger partial charge in [0.25, 0.3) is 0 Å². The van der Waals surface area contributed by atoms with Gasteiger partial charge in [0.05, 0.1) is 0 Å². The maximum atomic E-state index is 6.42. The number of allylic oxidation sites excluding steroid dienone is 1. The topological polar surface area (TPSA) is 52.0 Å². The minimum absolute atomic E-state index is 0.178. The van der Waals surface area contributed by atoms with E-state index >= 15 is 0 Å². The summed E-state index contributed by atoms with van der Waals surface area (Å²) in [4.78, 5) is 0.